The van der Waals surface area contributed by atoms with Gasteiger partial charge in [0.1, 0.15) is 0 Å². The quantitative estimate of drug-likeness (QED) is 0.739. The van der Waals surface area contributed by atoms with Gasteiger partial charge >= 0.3 is 0 Å². The first-order chi connectivity index (χ1) is 5.63. The van der Waals surface area contributed by atoms with Crippen LogP contribution >= 0.6 is 31.9 Å². The first kappa shape index (κ1) is 10.1. The van der Waals surface area contributed by atoms with Gasteiger partial charge in [-0.2, -0.15) is 0 Å². The third kappa shape index (κ3) is 2.49. The van der Waals surface area contributed by atoms with Gasteiger partial charge in [-0.3, -0.25) is 0 Å². The maximum absolute atomic E-state index is 5.83. The lowest BCUT2D eigenvalue weighted by atomic mass is 10.1. The summed E-state index contributed by atoms with van der Waals surface area (Å²) in [5.41, 5.74) is 7.83. The summed E-state index contributed by atoms with van der Waals surface area (Å²) in [6.07, 6.45) is 6.23. The zero-order valence-electron chi connectivity index (χ0n) is 6.85. The van der Waals surface area contributed by atoms with Crippen molar-refractivity contribution in [2.75, 3.05) is 5.33 Å². The Bertz CT molecular complexity index is 264. The van der Waals surface area contributed by atoms with Crippen molar-refractivity contribution in [3.63, 3.8) is 0 Å². The molecule has 0 aromatic carbocycles. The van der Waals surface area contributed by atoms with Crippen LogP contribution in [0.4, 0.5) is 0 Å². The predicted octanol–water partition coefficient (Wildman–Crippen LogP) is 3.08. The second kappa shape index (κ2) is 4.28. The molecule has 1 rings (SSSR count). The molecule has 0 aromatic heterocycles. The van der Waals surface area contributed by atoms with E-state index in [9.17, 15) is 0 Å². The van der Waals surface area contributed by atoms with E-state index >= 15 is 0 Å². The van der Waals surface area contributed by atoms with Gasteiger partial charge in [0.2, 0.25) is 0 Å². The van der Waals surface area contributed by atoms with Gasteiger partial charge in [0, 0.05) is 15.5 Å². The molecular formula is C9H11Br2N. The second-order valence-electron chi connectivity index (χ2n) is 2.84. The molecule has 0 radical (unpaired) electrons. The van der Waals surface area contributed by atoms with Crippen molar-refractivity contribution < 1.29 is 0 Å². The summed E-state index contributed by atoms with van der Waals surface area (Å²) >= 11 is 6.84. The molecule has 0 aliphatic heterocycles. The topological polar surface area (TPSA) is 26.0 Å². The molecule has 2 N–H and O–H groups in total. The Balaban J connectivity index is 2.99. The molecule has 0 saturated heterocycles. The molecule has 0 bridgehead atoms. The average molecular weight is 293 g/mol. The predicted molar refractivity (Wildman–Crippen MR) is 60.3 cm³/mol. The zero-order chi connectivity index (χ0) is 9.14. The molecule has 1 atom stereocenters. The summed E-state index contributed by atoms with van der Waals surface area (Å²) in [6.45, 7) is 2.14. The fourth-order valence-corrected chi connectivity index (χ4v) is 2.30. The Kier molecular flexibility index (Phi) is 3.59. The van der Waals surface area contributed by atoms with Crippen LogP contribution in [0.15, 0.2) is 34.0 Å². The molecule has 3 heteroatoms. The number of rotatable bonds is 1. The molecule has 1 aliphatic rings. The third-order valence-electron chi connectivity index (χ3n) is 1.69. The van der Waals surface area contributed by atoms with E-state index in [-0.39, 0.29) is 0 Å². The van der Waals surface area contributed by atoms with Crippen molar-refractivity contribution in [3.05, 3.63) is 34.0 Å². The highest BCUT2D eigenvalue weighted by Crippen LogP contribution is 2.22. The molecule has 1 unspecified atom stereocenters. The number of allylic oxidation sites excluding steroid dienone is 5. The molecule has 12 heavy (non-hydrogen) atoms. The van der Waals surface area contributed by atoms with Gasteiger partial charge in [-0.1, -0.05) is 50.9 Å². The monoisotopic (exact) mass is 291 g/mol. The van der Waals surface area contributed by atoms with E-state index in [0.717, 1.165) is 21.1 Å². The van der Waals surface area contributed by atoms with Crippen LogP contribution in [0.25, 0.3) is 0 Å². The Hall–Kier alpha value is -0.0200. The minimum atomic E-state index is 0.434. The summed E-state index contributed by atoms with van der Waals surface area (Å²) in [6, 6.07) is 0. The number of hydrogen-bond donors (Lipinski definition) is 1. The number of alkyl halides is 1. The lowest BCUT2D eigenvalue weighted by Crippen LogP contribution is -2.02. The zero-order valence-corrected chi connectivity index (χ0v) is 10.0. The van der Waals surface area contributed by atoms with E-state index in [4.69, 9.17) is 5.73 Å². The first-order valence-electron chi connectivity index (χ1n) is 3.75. The van der Waals surface area contributed by atoms with Crippen LogP contribution < -0.4 is 5.73 Å². The maximum Gasteiger partial charge on any atom is 0.0363 e. The highest BCUT2D eigenvalue weighted by atomic mass is 79.9. The maximum atomic E-state index is 5.83. The number of halogens is 2. The first-order valence-corrected chi connectivity index (χ1v) is 5.66. The summed E-state index contributed by atoms with van der Waals surface area (Å²) in [4.78, 5) is 0. The fraction of sp³-hybridized carbons (Fsp3) is 0.333. The van der Waals surface area contributed by atoms with Crippen LogP contribution in [-0.4, -0.2) is 5.33 Å². The van der Waals surface area contributed by atoms with Gasteiger partial charge in [-0.05, 0) is 17.6 Å². The van der Waals surface area contributed by atoms with E-state index in [1.807, 2.05) is 6.08 Å². The van der Waals surface area contributed by atoms with Crippen LogP contribution in [0.2, 0.25) is 0 Å². The lowest BCUT2D eigenvalue weighted by Gasteiger charge is -2.02. The van der Waals surface area contributed by atoms with Gasteiger partial charge in [0.25, 0.3) is 0 Å². The highest BCUT2D eigenvalue weighted by molar-refractivity contribution is 9.11. The highest BCUT2D eigenvalue weighted by Gasteiger charge is 2.06. The smallest absolute Gasteiger partial charge is 0.0363 e. The van der Waals surface area contributed by atoms with Gasteiger partial charge in [0.05, 0.1) is 0 Å². The summed E-state index contributed by atoms with van der Waals surface area (Å²) in [5.74, 6) is 0.434. The van der Waals surface area contributed by atoms with Crippen LogP contribution in [0.1, 0.15) is 6.92 Å². The Morgan fingerprint density at radius 3 is 2.75 bits per heavy atom. The molecule has 0 aromatic rings. The number of hydrogen-bond acceptors (Lipinski definition) is 1. The minimum Gasteiger partial charge on any atom is -0.398 e. The molecule has 0 fully saturated rings. The van der Waals surface area contributed by atoms with Crippen molar-refractivity contribution in [3.8, 4) is 0 Å². The van der Waals surface area contributed by atoms with Crippen LogP contribution in [0, 0.1) is 5.92 Å². The summed E-state index contributed by atoms with van der Waals surface area (Å²) in [7, 11) is 0. The molecular weight excluding hydrogens is 282 g/mol. The molecule has 0 heterocycles. The van der Waals surface area contributed by atoms with Crippen LogP contribution in [-0.2, 0) is 0 Å². The van der Waals surface area contributed by atoms with Crippen molar-refractivity contribution in [1.82, 2.24) is 0 Å². The van der Waals surface area contributed by atoms with E-state index < -0.39 is 0 Å². The van der Waals surface area contributed by atoms with Crippen molar-refractivity contribution in [2.24, 2.45) is 11.7 Å². The molecule has 66 valence electrons. The SMILES string of the molecule is CC1C=C(Br)C=C(N)C(CBr)=C1. The van der Waals surface area contributed by atoms with Gasteiger partial charge in [-0.15, -0.1) is 0 Å². The van der Waals surface area contributed by atoms with Crippen LogP contribution in [0.5, 0.6) is 0 Å². The summed E-state index contributed by atoms with van der Waals surface area (Å²) < 4.78 is 1.06. The minimum absolute atomic E-state index is 0.434. The van der Waals surface area contributed by atoms with Crippen molar-refractivity contribution in [2.45, 2.75) is 6.92 Å². The van der Waals surface area contributed by atoms with E-state index in [1.54, 1.807) is 0 Å². The van der Waals surface area contributed by atoms with E-state index in [1.165, 1.54) is 0 Å². The summed E-state index contributed by atoms with van der Waals surface area (Å²) in [5, 5.41) is 0.813. The van der Waals surface area contributed by atoms with Crippen molar-refractivity contribution >= 4 is 31.9 Å². The van der Waals surface area contributed by atoms with Crippen LogP contribution in [0.3, 0.4) is 0 Å². The average Bonchev–Trinajstić information content (AvgIpc) is 2.09. The third-order valence-corrected chi connectivity index (χ3v) is 2.79. The standard InChI is InChI=1S/C9H11Br2N/c1-6-2-7(5-10)9(12)4-8(11)3-6/h2-4,6H,5,12H2,1H3. The fourth-order valence-electron chi connectivity index (χ4n) is 1.12. The Labute approximate surface area is 89.7 Å². The van der Waals surface area contributed by atoms with E-state index in [2.05, 4.69) is 50.9 Å². The number of nitrogens with two attached hydrogens (primary N) is 1. The van der Waals surface area contributed by atoms with Gasteiger partial charge in [0.15, 0.2) is 0 Å². The molecule has 0 amide bonds. The molecule has 1 aliphatic carbocycles. The lowest BCUT2D eigenvalue weighted by molar-refractivity contribution is 0.931. The molecule has 1 nitrogen and oxygen atoms in total. The molecule has 0 saturated carbocycles. The van der Waals surface area contributed by atoms with Crippen molar-refractivity contribution in [1.29, 1.82) is 0 Å². The molecule has 0 spiro atoms. The largest absolute Gasteiger partial charge is 0.398 e. The normalized spacial score (nSPS) is 23.9. The Morgan fingerprint density at radius 2 is 2.17 bits per heavy atom. The van der Waals surface area contributed by atoms with Gasteiger partial charge < -0.3 is 5.73 Å². The van der Waals surface area contributed by atoms with E-state index in [0.29, 0.717) is 5.92 Å². The van der Waals surface area contributed by atoms with Gasteiger partial charge in [-0.25, -0.2) is 0 Å². The Morgan fingerprint density at radius 1 is 1.50 bits per heavy atom. The second-order valence-corrected chi connectivity index (χ2v) is 4.31.